The minimum absolute atomic E-state index is 0. The number of carbonyl (C=O) groups excluding carboxylic acids is 1. The van der Waals surface area contributed by atoms with Gasteiger partial charge in [-0.2, -0.15) is 0 Å². The minimum atomic E-state index is -0.221. The van der Waals surface area contributed by atoms with Gasteiger partial charge in [-0.15, -0.1) is 12.4 Å². The highest BCUT2D eigenvalue weighted by atomic mass is 35.5. The number of halogens is 1. The molecule has 0 aliphatic carbocycles. The van der Waals surface area contributed by atoms with Crippen LogP contribution in [0.5, 0.6) is 23.0 Å². The van der Waals surface area contributed by atoms with Crippen molar-refractivity contribution in [3.8, 4) is 23.0 Å². The first-order valence-electron chi connectivity index (χ1n) is 11.3. The predicted molar refractivity (Wildman–Crippen MR) is 137 cm³/mol. The van der Waals surface area contributed by atoms with Crippen LogP contribution in [0.25, 0.3) is 11.0 Å². The van der Waals surface area contributed by atoms with Gasteiger partial charge in [0.2, 0.25) is 5.78 Å². The summed E-state index contributed by atoms with van der Waals surface area (Å²) in [6, 6.07) is 12.8. The van der Waals surface area contributed by atoms with Gasteiger partial charge in [-0.3, -0.25) is 9.78 Å². The van der Waals surface area contributed by atoms with Crippen molar-refractivity contribution >= 4 is 29.2 Å². The highest BCUT2D eigenvalue weighted by molar-refractivity contribution is 6.09. The Morgan fingerprint density at radius 1 is 0.972 bits per heavy atom. The molecule has 2 aromatic carbocycles. The van der Waals surface area contributed by atoms with Gasteiger partial charge in [0.25, 0.3) is 0 Å². The lowest BCUT2D eigenvalue weighted by molar-refractivity contribution is 0.101. The van der Waals surface area contributed by atoms with E-state index in [-0.39, 0.29) is 24.0 Å². The van der Waals surface area contributed by atoms with Gasteiger partial charge < -0.3 is 28.7 Å². The summed E-state index contributed by atoms with van der Waals surface area (Å²) >= 11 is 0. The van der Waals surface area contributed by atoms with Crippen LogP contribution in [-0.2, 0) is 13.1 Å². The number of fused-ring (bicyclic) bond motifs is 2. The first-order valence-corrected chi connectivity index (χ1v) is 11.3. The molecule has 0 saturated heterocycles. The quantitative estimate of drug-likeness (QED) is 0.336. The Kier molecular flexibility index (Phi) is 7.67. The van der Waals surface area contributed by atoms with E-state index in [4.69, 9.17) is 23.4 Å². The molecule has 0 bridgehead atoms. The average molecular weight is 511 g/mol. The van der Waals surface area contributed by atoms with E-state index in [0.717, 1.165) is 22.2 Å². The van der Waals surface area contributed by atoms with E-state index in [1.165, 1.54) is 0 Å². The van der Waals surface area contributed by atoms with Crippen LogP contribution in [0.3, 0.4) is 0 Å². The monoisotopic (exact) mass is 510 g/mol. The van der Waals surface area contributed by atoms with Crippen LogP contribution in [0.1, 0.15) is 32.9 Å². The maximum absolute atomic E-state index is 13.2. The maximum atomic E-state index is 13.2. The van der Waals surface area contributed by atoms with Crippen molar-refractivity contribution in [1.82, 2.24) is 10.3 Å². The molecule has 0 amide bonds. The Morgan fingerprint density at radius 3 is 2.53 bits per heavy atom. The summed E-state index contributed by atoms with van der Waals surface area (Å²) in [6.45, 7) is 4.00. The molecule has 2 aromatic heterocycles. The summed E-state index contributed by atoms with van der Waals surface area (Å²) in [6.07, 6.45) is 1.81. The van der Waals surface area contributed by atoms with Crippen LogP contribution >= 0.6 is 12.4 Å². The number of hydrogen-bond donors (Lipinski definition) is 1. The molecule has 1 N–H and O–H groups in total. The summed E-state index contributed by atoms with van der Waals surface area (Å²) < 4.78 is 27.8. The van der Waals surface area contributed by atoms with Crippen LogP contribution in [0.15, 0.2) is 53.1 Å². The van der Waals surface area contributed by atoms with E-state index < -0.39 is 0 Å². The van der Waals surface area contributed by atoms with Gasteiger partial charge in [0.1, 0.15) is 13.2 Å². The van der Waals surface area contributed by atoms with Crippen molar-refractivity contribution < 1.29 is 28.2 Å². The van der Waals surface area contributed by atoms with Gasteiger partial charge in [0, 0.05) is 30.2 Å². The van der Waals surface area contributed by atoms with Crippen LogP contribution < -0.4 is 24.3 Å². The Hall–Kier alpha value is -3.75. The number of aromatic nitrogens is 1. The third kappa shape index (κ3) is 4.96. The molecule has 36 heavy (non-hydrogen) atoms. The van der Waals surface area contributed by atoms with Crippen LogP contribution in [0, 0.1) is 6.92 Å². The second kappa shape index (κ2) is 10.9. The molecule has 8 nitrogen and oxygen atoms in total. The number of aryl methyl sites for hydroxylation is 1. The third-order valence-corrected chi connectivity index (χ3v) is 5.94. The fourth-order valence-corrected chi connectivity index (χ4v) is 4.11. The highest BCUT2D eigenvalue weighted by Crippen LogP contribution is 2.33. The molecule has 1 aliphatic rings. The SMILES string of the molecule is COc1ccc(CNCc2cnc(C)c3oc(C(=O)c4ccc5c(c4)OCCO5)cc23)cc1OC.Cl. The van der Waals surface area contributed by atoms with Gasteiger partial charge in [-0.25, -0.2) is 0 Å². The second-order valence-corrected chi connectivity index (χ2v) is 8.20. The Balaban J connectivity index is 0.00000304. The number of nitrogens with one attached hydrogen (secondary N) is 1. The van der Waals surface area contributed by atoms with Crippen LogP contribution in [0.4, 0.5) is 0 Å². The number of nitrogens with zero attached hydrogens (tertiary/aromatic N) is 1. The number of hydrogen-bond acceptors (Lipinski definition) is 8. The molecule has 0 atom stereocenters. The van der Waals surface area contributed by atoms with Gasteiger partial charge in [0.05, 0.1) is 19.9 Å². The smallest absolute Gasteiger partial charge is 0.228 e. The Labute approximate surface area is 214 Å². The van der Waals surface area contributed by atoms with E-state index in [0.29, 0.717) is 60.4 Å². The molecule has 5 rings (SSSR count). The molecular formula is C27H27ClN2O6. The van der Waals surface area contributed by atoms with Crippen molar-refractivity contribution in [3.63, 3.8) is 0 Å². The van der Waals surface area contributed by atoms with E-state index >= 15 is 0 Å². The van der Waals surface area contributed by atoms with Gasteiger partial charge in [-0.1, -0.05) is 6.07 Å². The summed E-state index contributed by atoms with van der Waals surface area (Å²) in [5.41, 5.74) is 3.81. The van der Waals surface area contributed by atoms with Crippen LogP contribution in [-0.4, -0.2) is 38.2 Å². The normalized spacial score (nSPS) is 12.2. The molecule has 0 spiro atoms. The zero-order valence-electron chi connectivity index (χ0n) is 20.3. The molecule has 0 radical (unpaired) electrons. The van der Waals surface area contributed by atoms with E-state index in [1.807, 2.05) is 31.3 Å². The van der Waals surface area contributed by atoms with Crippen molar-refractivity contribution in [3.05, 3.63) is 76.8 Å². The van der Waals surface area contributed by atoms with Gasteiger partial charge in [0.15, 0.2) is 34.3 Å². The molecule has 3 heterocycles. The molecule has 9 heteroatoms. The lowest BCUT2D eigenvalue weighted by Crippen LogP contribution is -2.15. The number of methoxy groups -OCH3 is 2. The number of ether oxygens (including phenoxy) is 4. The first kappa shape index (κ1) is 25.3. The van der Waals surface area contributed by atoms with Crippen molar-refractivity contribution in [2.24, 2.45) is 0 Å². The Bertz CT molecular complexity index is 1400. The lowest BCUT2D eigenvalue weighted by atomic mass is 10.1. The summed E-state index contributed by atoms with van der Waals surface area (Å²) in [5, 5.41) is 4.29. The highest BCUT2D eigenvalue weighted by Gasteiger charge is 2.21. The predicted octanol–water partition coefficient (Wildman–Crippen LogP) is 4.87. The zero-order chi connectivity index (χ0) is 24.4. The van der Waals surface area contributed by atoms with E-state index in [2.05, 4.69) is 10.3 Å². The largest absolute Gasteiger partial charge is 0.493 e. The number of pyridine rings is 1. The fourth-order valence-electron chi connectivity index (χ4n) is 4.11. The molecule has 4 aromatic rings. The lowest BCUT2D eigenvalue weighted by Gasteiger charge is -2.18. The van der Waals surface area contributed by atoms with Crippen LogP contribution in [0.2, 0.25) is 0 Å². The fraction of sp³-hybridized carbons (Fsp3) is 0.259. The minimum Gasteiger partial charge on any atom is -0.493 e. The third-order valence-electron chi connectivity index (χ3n) is 5.94. The zero-order valence-corrected chi connectivity index (χ0v) is 21.1. The van der Waals surface area contributed by atoms with Gasteiger partial charge in [-0.05, 0) is 54.4 Å². The standard InChI is InChI=1S/C27H26N2O6.ClH/c1-16-27-20(12-25(35-27)26(30)18-5-7-22-24(11-18)34-9-8-33-22)19(15-29-16)14-28-13-17-4-6-21(31-2)23(10-17)32-3;/h4-7,10-12,15,28H,8-9,13-14H2,1-3H3;1H. The van der Waals surface area contributed by atoms with Crippen molar-refractivity contribution in [2.75, 3.05) is 27.4 Å². The van der Waals surface area contributed by atoms with E-state index in [9.17, 15) is 4.79 Å². The second-order valence-electron chi connectivity index (χ2n) is 8.20. The average Bonchev–Trinajstić information content (AvgIpc) is 3.36. The molecule has 0 fully saturated rings. The first-order chi connectivity index (χ1) is 17.1. The number of furan rings is 1. The van der Waals surface area contributed by atoms with Gasteiger partial charge >= 0.3 is 0 Å². The number of benzene rings is 2. The summed E-state index contributed by atoms with van der Waals surface area (Å²) in [7, 11) is 3.23. The molecule has 0 saturated carbocycles. The summed E-state index contributed by atoms with van der Waals surface area (Å²) in [5.74, 6) is 2.62. The van der Waals surface area contributed by atoms with Crippen molar-refractivity contribution in [2.45, 2.75) is 20.0 Å². The molecule has 188 valence electrons. The Morgan fingerprint density at radius 2 is 1.75 bits per heavy atom. The molecule has 1 aliphatic heterocycles. The van der Waals surface area contributed by atoms with Crippen molar-refractivity contribution in [1.29, 1.82) is 0 Å². The topological polar surface area (TPSA) is 92.1 Å². The van der Waals surface area contributed by atoms with E-state index in [1.54, 1.807) is 38.5 Å². The summed E-state index contributed by atoms with van der Waals surface area (Å²) in [4.78, 5) is 17.7. The number of carbonyl (C=O) groups is 1. The number of rotatable bonds is 8. The molecule has 0 unspecified atom stereocenters. The maximum Gasteiger partial charge on any atom is 0.228 e. The molecular weight excluding hydrogens is 484 g/mol. The number of ketones is 1.